The lowest BCUT2D eigenvalue weighted by Gasteiger charge is -2.25. The fourth-order valence-corrected chi connectivity index (χ4v) is 6.11. The molecule has 6 rings (SSSR count). The topological polar surface area (TPSA) is 119 Å². The molecule has 31 heavy (non-hydrogen) atoms. The third-order valence-corrected chi connectivity index (χ3v) is 7.46. The van der Waals surface area contributed by atoms with Gasteiger partial charge < -0.3 is 20.5 Å². The molecule has 1 unspecified atom stereocenters. The van der Waals surface area contributed by atoms with Crippen LogP contribution in [0.5, 0.6) is 0 Å². The summed E-state index contributed by atoms with van der Waals surface area (Å²) in [5, 5.41) is 13.6. The average Bonchev–Trinajstić information content (AvgIpc) is 3.50. The van der Waals surface area contributed by atoms with Crippen molar-refractivity contribution in [2.75, 3.05) is 12.4 Å². The Morgan fingerprint density at radius 1 is 1.19 bits per heavy atom. The highest BCUT2D eigenvalue weighted by Crippen LogP contribution is 2.53. The Labute approximate surface area is 181 Å². The number of halogens is 1. The van der Waals surface area contributed by atoms with E-state index in [-0.39, 0.29) is 17.8 Å². The zero-order valence-electron chi connectivity index (χ0n) is 17.1. The molecule has 8 nitrogen and oxygen atoms in total. The third kappa shape index (κ3) is 3.00. The van der Waals surface area contributed by atoms with Gasteiger partial charge in [0, 0.05) is 48.5 Å². The van der Waals surface area contributed by atoms with E-state index in [0.29, 0.717) is 39.4 Å². The maximum atomic E-state index is 14.4. The van der Waals surface area contributed by atoms with Crippen molar-refractivity contribution in [3.8, 4) is 0 Å². The number of rotatable bonds is 4. The van der Waals surface area contributed by atoms with Crippen LogP contribution in [0.15, 0.2) is 26.9 Å². The van der Waals surface area contributed by atoms with Crippen LogP contribution in [-0.4, -0.2) is 38.2 Å². The minimum Gasteiger partial charge on any atom is -0.416 e. The minimum atomic E-state index is -0.293. The van der Waals surface area contributed by atoms with Crippen LogP contribution in [0.3, 0.4) is 0 Å². The van der Waals surface area contributed by atoms with E-state index in [1.54, 1.807) is 20.0 Å². The Morgan fingerprint density at radius 2 is 2.06 bits per heavy atom. The Kier molecular flexibility index (Phi) is 4.23. The fourth-order valence-electron chi connectivity index (χ4n) is 5.43. The monoisotopic (exact) mass is 439 g/mol. The molecule has 160 valence electrons. The van der Waals surface area contributed by atoms with Gasteiger partial charge in [0.2, 0.25) is 5.89 Å². The van der Waals surface area contributed by atoms with E-state index in [2.05, 4.69) is 20.5 Å². The number of fused-ring (bicyclic) bond motifs is 5. The maximum absolute atomic E-state index is 14.4. The quantitative estimate of drug-likeness (QED) is 0.409. The molecule has 4 aromatic rings. The zero-order chi connectivity index (χ0) is 21.3. The van der Waals surface area contributed by atoms with Crippen LogP contribution in [-0.2, 0) is 0 Å². The highest BCUT2D eigenvalue weighted by molar-refractivity contribution is 7.98. The third-order valence-electron chi connectivity index (χ3n) is 6.75. The van der Waals surface area contributed by atoms with Crippen LogP contribution < -0.4 is 11.1 Å². The van der Waals surface area contributed by atoms with Crippen molar-refractivity contribution in [2.24, 2.45) is 17.6 Å². The molecule has 2 fully saturated rings. The van der Waals surface area contributed by atoms with Gasteiger partial charge in [-0.1, -0.05) is 0 Å². The first-order valence-corrected chi connectivity index (χ1v) is 11.3. The molecule has 0 aliphatic heterocycles. The molecular formula is C21H22FN7OS. The molecular weight excluding hydrogens is 417 g/mol. The molecule has 1 aromatic carbocycles. The van der Waals surface area contributed by atoms with Gasteiger partial charge in [0.15, 0.2) is 5.16 Å². The van der Waals surface area contributed by atoms with Gasteiger partial charge >= 0.3 is 0 Å². The van der Waals surface area contributed by atoms with E-state index in [1.165, 1.54) is 17.8 Å². The van der Waals surface area contributed by atoms with Crippen molar-refractivity contribution in [3.63, 3.8) is 0 Å². The van der Waals surface area contributed by atoms with E-state index in [1.807, 2.05) is 0 Å². The van der Waals surface area contributed by atoms with Crippen molar-refractivity contribution >= 4 is 39.4 Å². The van der Waals surface area contributed by atoms with Crippen molar-refractivity contribution in [1.29, 1.82) is 0 Å². The largest absolute Gasteiger partial charge is 0.416 e. The van der Waals surface area contributed by atoms with Gasteiger partial charge in [0.25, 0.3) is 5.22 Å². The van der Waals surface area contributed by atoms with E-state index in [4.69, 9.17) is 20.1 Å². The summed E-state index contributed by atoms with van der Waals surface area (Å²) < 4.78 is 19.9. The predicted octanol–water partition coefficient (Wildman–Crippen LogP) is 3.98. The molecule has 0 amide bonds. The Morgan fingerprint density at radius 3 is 2.74 bits per heavy atom. The van der Waals surface area contributed by atoms with Crippen molar-refractivity contribution < 1.29 is 8.81 Å². The Bertz CT molecular complexity index is 1320. The lowest BCUT2D eigenvalue weighted by Crippen LogP contribution is -2.29. The van der Waals surface area contributed by atoms with Crippen LogP contribution in [0.25, 0.3) is 21.9 Å². The molecule has 2 aliphatic carbocycles. The zero-order valence-corrected chi connectivity index (χ0v) is 18.0. The smallest absolute Gasteiger partial charge is 0.284 e. The Balaban J connectivity index is 1.56. The van der Waals surface area contributed by atoms with Crippen LogP contribution >= 0.6 is 11.8 Å². The number of nitrogens with two attached hydrogens (primary N) is 1. The van der Waals surface area contributed by atoms with E-state index in [9.17, 15) is 4.39 Å². The molecule has 0 spiro atoms. The number of benzene rings is 1. The first-order chi connectivity index (χ1) is 15.0. The number of aromatic nitrogens is 5. The SMILES string of the molecule is CNc1cc(F)cc2c1[nH]c1nc(Sc3nnc(C)o3)nc(C3C[C@H]4C[C@@H]3C[C@H]4N)c12. The molecule has 4 atom stereocenters. The van der Waals surface area contributed by atoms with Crippen LogP contribution in [0.4, 0.5) is 10.1 Å². The van der Waals surface area contributed by atoms with Gasteiger partial charge in [-0.05, 0) is 43.2 Å². The summed E-state index contributed by atoms with van der Waals surface area (Å²) in [4.78, 5) is 13.1. The molecule has 2 saturated carbocycles. The van der Waals surface area contributed by atoms with Gasteiger partial charge in [-0.3, -0.25) is 0 Å². The highest BCUT2D eigenvalue weighted by Gasteiger charge is 2.46. The lowest BCUT2D eigenvalue weighted by atomic mass is 9.83. The summed E-state index contributed by atoms with van der Waals surface area (Å²) in [6.07, 6.45) is 3.13. The summed E-state index contributed by atoms with van der Waals surface area (Å²) in [5.74, 6) is 1.48. The van der Waals surface area contributed by atoms with E-state index < -0.39 is 0 Å². The summed E-state index contributed by atoms with van der Waals surface area (Å²) in [6, 6.07) is 3.32. The van der Waals surface area contributed by atoms with Crippen molar-refractivity contribution in [1.82, 2.24) is 25.1 Å². The lowest BCUT2D eigenvalue weighted by molar-refractivity contribution is 0.371. The molecule has 2 aliphatic rings. The number of nitrogens with one attached hydrogen (secondary N) is 2. The molecule has 10 heteroatoms. The molecule has 2 bridgehead atoms. The second kappa shape index (κ2) is 6.89. The number of H-pyrrole nitrogens is 1. The maximum Gasteiger partial charge on any atom is 0.284 e. The van der Waals surface area contributed by atoms with Gasteiger partial charge in [-0.2, -0.15) is 0 Å². The number of aryl methyl sites for hydroxylation is 1. The standard InChI is InChI=1S/C21H22FN7OS/c1-8-28-29-21(30-8)31-20-26-18(12-4-10-3-9(12)5-14(10)23)16-13-6-11(22)7-15(24-2)17(13)25-19(16)27-20/h6-7,9-10,12,14,24H,3-5,23H2,1-2H3,(H,25,26,27)/t9-,10-,12?,14-/m1/s1. The Hall–Kier alpha value is -2.72. The van der Waals surface area contributed by atoms with Crippen LogP contribution in [0.2, 0.25) is 0 Å². The van der Waals surface area contributed by atoms with Gasteiger partial charge in [-0.15, -0.1) is 10.2 Å². The van der Waals surface area contributed by atoms with Crippen molar-refractivity contribution in [2.45, 2.75) is 48.5 Å². The van der Waals surface area contributed by atoms with E-state index in [0.717, 1.165) is 41.2 Å². The average molecular weight is 440 g/mol. The fraction of sp³-hybridized carbons (Fsp3) is 0.429. The first-order valence-electron chi connectivity index (χ1n) is 10.4. The molecule has 3 heterocycles. The molecule has 0 radical (unpaired) electrons. The van der Waals surface area contributed by atoms with E-state index >= 15 is 0 Å². The summed E-state index contributed by atoms with van der Waals surface area (Å²) in [5.41, 5.74) is 9.47. The number of aromatic amines is 1. The molecule has 0 saturated heterocycles. The molecule has 4 N–H and O–H groups in total. The highest BCUT2D eigenvalue weighted by atomic mass is 32.2. The van der Waals surface area contributed by atoms with Crippen molar-refractivity contribution in [3.05, 3.63) is 29.5 Å². The normalized spacial score (nSPS) is 25.2. The summed E-state index contributed by atoms with van der Waals surface area (Å²) in [6.45, 7) is 1.75. The van der Waals surface area contributed by atoms with Gasteiger partial charge in [0.1, 0.15) is 11.5 Å². The first kappa shape index (κ1) is 19.0. The van der Waals surface area contributed by atoms with Crippen LogP contribution in [0.1, 0.15) is 36.8 Å². The summed E-state index contributed by atoms with van der Waals surface area (Å²) >= 11 is 1.24. The number of nitrogens with zero attached hydrogens (tertiary/aromatic N) is 4. The second-order valence-electron chi connectivity index (χ2n) is 8.55. The second-order valence-corrected chi connectivity index (χ2v) is 9.47. The van der Waals surface area contributed by atoms with Crippen LogP contribution in [0, 0.1) is 24.6 Å². The number of hydrogen-bond donors (Lipinski definition) is 3. The summed E-state index contributed by atoms with van der Waals surface area (Å²) in [7, 11) is 1.78. The van der Waals surface area contributed by atoms with Gasteiger partial charge in [-0.25, -0.2) is 14.4 Å². The number of anilines is 1. The van der Waals surface area contributed by atoms with Gasteiger partial charge in [0.05, 0.1) is 16.9 Å². The minimum absolute atomic E-state index is 0.269. The molecule has 3 aromatic heterocycles. The number of hydrogen-bond acceptors (Lipinski definition) is 8. The predicted molar refractivity (Wildman–Crippen MR) is 116 cm³/mol.